The molecule has 0 aromatic heterocycles. The van der Waals surface area contributed by atoms with Crippen LogP contribution in [-0.2, 0) is 13.2 Å². The molecule has 3 rings (SSSR count). The Labute approximate surface area is 147 Å². The topological polar surface area (TPSA) is 51.1 Å². The van der Waals surface area contributed by atoms with Crippen LogP contribution in [0.25, 0.3) is 0 Å². The molecule has 0 saturated heterocycles. The number of oxime groups is 1. The summed E-state index contributed by atoms with van der Waals surface area (Å²) in [6.07, 6.45) is 1.36. The van der Waals surface area contributed by atoms with Gasteiger partial charge in [0.1, 0.15) is 13.2 Å². The first-order chi connectivity index (χ1) is 12.3. The highest BCUT2D eigenvalue weighted by Gasteiger charge is 2.08. The quantitative estimate of drug-likeness (QED) is 0.389. The standard InChI is InChI=1S/C21H19NO3/c23-22-14-19-11-12-20(24-15-17-7-3-1-4-8-17)21(13-19)25-16-18-9-5-2-6-10-18/h1-14,23H,15-16H2. The van der Waals surface area contributed by atoms with Crippen LogP contribution in [-0.4, -0.2) is 11.4 Å². The lowest BCUT2D eigenvalue weighted by Gasteiger charge is -2.14. The van der Waals surface area contributed by atoms with Crippen LogP contribution in [0.1, 0.15) is 16.7 Å². The van der Waals surface area contributed by atoms with Gasteiger partial charge in [0.05, 0.1) is 6.21 Å². The van der Waals surface area contributed by atoms with Gasteiger partial charge in [0.2, 0.25) is 0 Å². The third kappa shape index (κ3) is 4.85. The fraction of sp³-hybridized carbons (Fsp3) is 0.0952. The molecular weight excluding hydrogens is 314 g/mol. The van der Waals surface area contributed by atoms with E-state index in [0.29, 0.717) is 24.7 Å². The van der Waals surface area contributed by atoms with E-state index in [1.807, 2.05) is 72.8 Å². The first-order valence-corrected chi connectivity index (χ1v) is 8.00. The van der Waals surface area contributed by atoms with Crippen molar-refractivity contribution in [2.45, 2.75) is 13.2 Å². The normalized spacial score (nSPS) is 10.7. The van der Waals surface area contributed by atoms with Gasteiger partial charge in [-0.15, -0.1) is 0 Å². The van der Waals surface area contributed by atoms with Crippen molar-refractivity contribution in [3.8, 4) is 11.5 Å². The Morgan fingerprint density at radius 1 is 0.720 bits per heavy atom. The predicted octanol–water partition coefficient (Wildman–Crippen LogP) is 4.65. The van der Waals surface area contributed by atoms with Crippen molar-refractivity contribution in [3.63, 3.8) is 0 Å². The maximum Gasteiger partial charge on any atom is 0.162 e. The smallest absolute Gasteiger partial charge is 0.162 e. The van der Waals surface area contributed by atoms with E-state index >= 15 is 0 Å². The molecular formula is C21H19NO3. The van der Waals surface area contributed by atoms with Gasteiger partial charge in [-0.1, -0.05) is 65.8 Å². The Morgan fingerprint density at radius 3 is 1.84 bits per heavy atom. The molecule has 4 heteroatoms. The zero-order valence-corrected chi connectivity index (χ0v) is 13.7. The first-order valence-electron chi connectivity index (χ1n) is 8.00. The molecule has 0 spiro atoms. The SMILES string of the molecule is ON=Cc1ccc(OCc2ccccc2)c(OCc2ccccc2)c1. The molecule has 3 aromatic rings. The minimum atomic E-state index is 0.433. The van der Waals surface area contributed by atoms with Gasteiger partial charge in [0.25, 0.3) is 0 Å². The molecule has 3 aromatic carbocycles. The van der Waals surface area contributed by atoms with Crippen molar-refractivity contribution in [2.24, 2.45) is 5.16 Å². The summed E-state index contributed by atoms with van der Waals surface area (Å²) in [6.45, 7) is 0.887. The van der Waals surface area contributed by atoms with Crippen LogP contribution in [0.15, 0.2) is 84.0 Å². The fourth-order valence-corrected chi connectivity index (χ4v) is 2.37. The maximum absolute atomic E-state index is 8.74. The first kappa shape index (κ1) is 16.6. The second-order valence-electron chi connectivity index (χ2n) is 5.50. The molecule has 0 aliphatic heterocycles. The summed E-state index contributed by atoms with van der Waals surface area (Å²) in [5, 5.41) is 11.8. The summed E-state index contributed by atoms with van der Waals surface area (Å²) in [4.78, 5) is 0. The van der Waals surface area contributed by atoms with Crippen molar-refractivity contribution in [1.82, 2.24) is 0 Å². The predicted molar refractivity (Wildman–Crippen MR) is 97.4 cm³/mol. The molecule has 4 nitrogen and oxygen atoms in total. The third-order valence-electron chi connectivity index (χ3n) is 3.65. The highest BCUT2D eigenvalue weighted by Crippen LogP contribution is 2.29. The van der Waals surface area contributed by atoms with Gasteiger partial charge in [-0.05, 0) is 29.3 Å². The zero-order valence-electron chi connectivity index (χ0n) is 13.7. The Morgan fingerprint density at radius 2 is 1.28 bits per heavy atom. The molecule has 0 saturated carbocycles. The molecule has 0 heterocycles. The minimum Gasteiger partial charge on any atom is -0.485 e. The highest BCUT2D eigenvalue weighted by molar-refractivity contribution is 5.80. The summed E-state index contributed by atoms with van der Waals surface area (Å²) in [5.74, 6) is 1.26. The van der Waals surface area contributed by atoms with E-state index in [4.69, 9.17) is 14.7 Å². The fourth-order valence-electron chi connectivity index (χ4n) is 2.37. The van der Waals surface area contributed by atoms with Crippen molar-refractivity contribution in [1.29, 1.82) is 0 Å². The van der Waals surface area contributed by atoms with E-state index in [1.54, 1.807) is 6.07 Å². The summed E-state index contributed by atoms with van der Waals surface area (Å²) in [5.41, 5.74) is 2.88. The zero-order chi connectivity index (χ0) is 17.3. The van der Waals surface area contributed by atoms with Crippen LogP contribution in [0.5, 0.6) is 11.5 Å². The Bertz CT molecular complexity index is 817. The number of hydrogen-bond donors (Lipinski definition) is 1. The van der Waals surface area contributed by atoms with E-state index in [-0.39, 0.29) is 0 Å². The Kier molecular flexibility index (Phi) is 5.67. The largest absolute Gasteiger partial charge is 0.485 e. The summed E-state index contributed by atoms with van der Waals surface area (Å²) in [6, 6.07) is 25.3. The van der Waals surface area contributed by atoms with Crippen molar-refractivity contribution >= 4 is 6.21 Å². The van der Waals surface area contributed by atoms with Crippen LogP contribution in [0.4, 0.5) is 0 Å². The number of hydrogen-bond acceptors (Lipinski definition) is 4. The average Bonchev–Trinajstić information content (AvgIpc) is 2.67. The second kappa shape index (κ2) is 8.55. The van der Waals surface area contributed by atoms with Gasteiger partial charge in [0, 0.05) is 5.56 Å². The molecule has 0 fully saturated rings. The van der Waals surface area contributed by atoms with E-state index < -0.39 is 0 Å². The average molecular weight is 333 g/mol. The second-order valence-corrected chi connectivity index (χ2v) is 5.50. The van der Waals surface area contributed by atoms with Gasteiger partial charge in [-0.25, -0.2) is 0 Å². The molecule has 0 aliphatic rings. The van der Waals surface area contributed by atoms with Crippen LogP contribution < -0.4 is 9.47 Å². The lowest BCUT2D eigenvalue weighted by molar-refractivity contribution is 0.256. The number of nitrogens with zero attached hydrogens (tertiary/aromatic N) is 1. The van der Waals surface area contributed by atoms with Crippen LogP contribution in [0, 0.1) is 0 Å². The summed E-state index contributed by atoms with van der Waals surface area (Å²) < 4.78 is 11.8. The summed E-state index contributed by atoms with van der Waals surface area (Å²) >= 11 is 0. The van der Waals surface area contributed by atoms with E-state index in [9.17, 15) is 0 Å². The number of rotatable bonds is 7. The van der Waals surface area contributed by atoms with Crippen molar-refractivity contribution < 1.29 is 14.7 Å². The molecule has 0 atom stereocenters. The van der Waals surface area contributed by atoms with Crippen LogP contribution >= 0.6 is 0 Å². The molecule has 0 radical (unpaired) electrons. The minimum absolute atomic E-state index is 0.433. The van der Waals surface area contributed by atoms with E-state index in [0.717, 1.165) is 16.7 Å². The van der Waals surface area contributed by atoms with Crippen LogP contribution in [0.2, 0.25) is 0 Å². The lowest BCUT2D eigenvalue weighted by Crippen LogP contribution is -2.01. The molecule has 0 bridgehead atoms. The van der Waals surface area contributed by atoms with Gasteiger partial charge in [-0.2, -0.15) is 0 Å². The summed E-state index contributed by atoms with van der Waals surface area (Å²) in [7, 11) is 0. The van der Waals surface area contributed by atoms with E-state index in [1.165, 1.54) is 6.21 Å². The molecule has 0 aliphatic carbocycles. The van der Waals surface area contributed by atoms with Crippen molar-refractivity contribution in [2.75, 3.05) is 0 Å². The molecule has 25 heavy (non-hydrogen) atoms. The van der Waals surface area contributed by atoms with Gasteiger partial charge < -0.3 is 14.7 Å². The highest BCUT2D eigenvalue weighted by atomic mass is 16.5. The van der Waals surface area contributed by atoms with Crippen LogP contribution in [0.3, 0.4) is 0 Å². The lowest BCUT2D eigenvalue weighted by atomic mass is 10.2. The monoisotopic (exact) mass is 333 g/mol. The van der Waals surface area contributed by atoms with Gasteiger partial charge in [-0.3, -0.25) is 0 Å². The number of benzene rings is 3. The Balaban J connectivity index is 1.76. The third-order valence-corrected chi connectivity index (χ3v) is 3.65. The molecule has 126 valence electrons. The van der Waals surface area contributed by atoms with Crippen molar-refractivity contribution in [3.05, 3.63) is 95.6 Å². The molecule has 0 unspecified atom stereocenters. The number of ether oxygens (including phenoxy) is 2. The molecule has 0 amide bonds. The Hall–Kier alpha value is -3.27. The van der Waals surface area contributed by atoms with Gasteiger partial charge >= 0.3 is 0 Å². The molecule has 1 N–H and O–H groups in total. The maximum atomic E-state index is 8.74. The van der Waals surface area contributed by atoms with Gasteiger partial charge in [0.15, 0.2) is 11.5 Å². The van der Waals surface area contributed by atoms with E-state index in [2.05, 4.69) is 5.16 Å².